The number of pyridine rings is 2. The molecule has 7 heteroatoms. The molecular formula is C22H18N4O2S. The van der Waals surface area contributed by atoms with Crippen molar-refractivity contribution in [1.82, 2.24) is 9.97 Å². The standard InChI is InChI=1S/C22H18N4O2S/c1-29(28,17-9-3-2-4-10-17)26-20-15-23-14-12-18(20)22(27)25-19-11-5-7-16-8-6-13-24-21(16)19/h2-15H,1H3,(H,25,27). The second kappa shape index (κ2) is 7.81. The third kappa shape index (κ3) is 4.00. The van der Waals surface area contributed by atoms with Gasteiger partial charge in [-0.15, -0.1) is 0 Å². The van der Waals surface area contributed by atoms with Crippen LogP contribution < -0.4 is 5.32 Å². The Hall–Kier alpha value is -3.58. The minimum absolute atomic E-state index is 0.273. The van der Waals surface area contributed by atoms with Crippen LogP contribution in [0.2, 0.25) is 0 Å². The highest BCUT2D eigenvalue weighted by molar-refractivity contribution is 7.93. The molecule has 144 valence electrons. The van der Waals surface area contributed by atoms with Gasteiger partial charge in [-0.05, 0) is 30.3 Å². The molecule has 0 radical (unpaired) electrons. The number of carbonyl (C=O) groups is 1. The number of fused-ring (bicyclic) bond motifs is 1. The molecule has 1 N–H and O–H groups in total. The molecule has 0 saturated carbocycles. The average Bonchev–Trinajstić information content (AvgIpc) is 2.75. The molecular weight excluding hydrogens is 384 g/mol. The van der Waals surface area contributed by atoms with Crippen molar-refractivity contribution in [3.8, 4) is 0 Å². The molecule has 0 spiro atoms. The van der Waals surface area contributed by atoms with Crippen molar-refractivity contribution in [2.45, 2.75) is 4.90 Å². The smallest absolute Gasteiger partial charge is 0.258 e. The Morgan fingerprint density at radius 2 is 1.76 bits per heavy atom. The van der Waals surface area contributed by atoms with Crippen molar-refractivity contribution >= 4 is 37.9 Å². The third-order valence-electron chi connectivity index (χ3n) is 4.38. The van der Waals surface area contributed by atoms with Gasteiger partial charge in [-0.2, -0.15) is 4.36 Å². The minimum atomic E-state index is -2.73. The van der Waals surface area contributed by atoms with Gasteiger partial charge < -0.3 is 5.32 Å². The lowest BCUT2D eigenvalue weighted by atomic mass is 10.1. The van der Waals surface area contributed by atoms with Crippen LogP contribution in [0.1, 0.15) is 10.4 Å². The van der Waals surface area contributed by atoms with Crippen LogP contribution in [0.15, 0.2) is 94.6 Å². The predicted molar refractivity (Wildman–Crippen MR) is 115 cm³/mol. The van der Waals surface area contributed by atoms with Crippen LogP contribution in [0.25, 0.3) is 10.9 Å². The summed E-state index contributed by atoms with van der Waals surface area (Å²) in [6.45, 7) is 0. The van der Waals surface area contributed by atoms with Crippen molar-refractivity contribution in [1.29, 1.82) is 0 Å². The van der Waals surface area contributed by atoms with Gasteiger partial charge >= 0.3 is 0 Å². The van der Waals surface area contributed by atoms with Crippen LogP contribution in [0.5, 0.6) is 0 Å². The van der Waals surface area contributed by atoms with E-state index in [1.54, 1.807) is 48.9 Å². The van der Waals surface area contributed by atoms with E-state index in [1.165, 1.54) is 12.4 Å². The number of para-hydroxylation sites is 1. The van der Waals surface area contributed by atoms with E-state index in [0.717, 1.165) is 5.39 Å². The zero-order valence-corrected chi connectivity index (χ0v) is 16.5. The summed E-state index contributed by atoms with van der Waals surface area (Å²) in [4.78, 5) is 22.0. The first-order chi connectivity index (χ1) is 14.0. The van der Waals surface area contributed by atoms with E-state index in [4.69, 9.17) is 0 Å². The van der Waals surface area contributed by atoms with Gasteiger partial charge in [-0.3, -0.25) is 14.8 Å². The lowest BCUT2D eigenvalue weighted by Gasteiger charge is -2.10. The first-order valence-corrected chi connectivity index (χ1v) is 10.8. The topological polar surface area (TPSA) is 84.3 Å². The minimum Gasteiger partial charge on any atom is -0.320 e. The lowest BCUT2D eigenvalue weighted by molar-refractivity contribution is 0.102. The maximum Gasteiger partial charge on any atom is 0.258 e. The second-order valence-electron chi connectivity index (χ2n) is 6.43. The Labute approximate surface area is 168 Å². The first-order valence-electron chi connectivity index (χ1n) is 8.91. The fourth-order valence-corrected chi connectivity index (χ4v) is 4.25. The van der Waals surface area contributed by atoms with Crippen LogP contribution in [-0.2, 0) is 9.73 Å². The molecule has 4 rings (SSSR count). The van der Waals surface area contributed by atoms with Crippen molar-refractivity contribution in [3.05, 3.63) is 90.9 Å². The fourth-order valence-electron chi connectivity index (χ4n) is 2.96. The lowest BCUT2D eigenvalue weighted by Crippen LogP contribution is -2.13. The molecule has 2 aromatic heterocycles. The van der Waals surface area contributed by atoms with Crippen molar-refractivity contribution in [2.24, 2.45) is 4.36 Å². The largest absolute Gasteiger partial charge is 0.320 e. The van der Waals surface area contributed by atoms with Crippen LogP contribution in [0.4, 0.5) is 11.4 Å². The Morgan fingerprint density at radius 1 is 0.966 bits per heavy atom. The molecule has 0 fully saturated rings. The zero-order chi connectivity index (χ0) is 20.3. The van der Waals surface area contributed by atoms with Gasteiger partial charge in [0.05, 0.1) is 32.7 Å². The summed E-state index contributed by atoms with van der Waals surface area (Å²) in [5, 5.41) is 3.81. The van der Waals surface area contributed by atoms with E-state index in [-0.39, 0.29) is 11.6 Å². The molecule has 2 aromatic carbocycles. The van der Waals surface area contributed by atoms with E-state index >= 15 is 0 Å². The van der Waals surface area contributed by atoms with Gasteiger partial charge in [0, 0.05) is 28.9 Å². The fraction of sp³-hybridized carbons (Fsp3) is 0.0455. The molecule has 0 aliphatic rings. The normalized spacial score (nSPS) is 12.9. The van der Waals surface area contributed by atoms with Gasteiger partial charge in [0.15, 0.2) is 0 Å². The molecule has 1 unspecified atom stereocenters. The maximum absolute atomic E-state index is 13.1. The van der Waals surface area contributed by atoms with Crippen LogP contribution in [0.3, 0.4) is 0 Å². The summed E-state index contributed by atoms with van der Waals surface area (Å²) in [5.41, 5.74) is 1.85. The molecule has 6 nitrogen and oxygen atoms in total. The van der Waals surface area contributed by atoms with E-state index in [0.29, 0.717) is 21.7 Å². The Morgan fingerprint density at radius 3 is 2.59 bits per heavy atom. The number of benzene rings is 2. The number of rotatable bonds is 4. The molecule has 1 atom stereocenters. The van der Waals surface area contributed by atoms with Gasteiger partial charge in [-0.25, -0.2) is 4.21 Å². The maximum atomic E-state index is 13.1. The molecule has 1 amide bonds. The third-order valence-corrected chi connectivity index (χ3v) is 6.07. The number of aromatic nitrogens is 2. The number of amides is 1. The number of nitrogens with one attached hydrogen (secondary N) is 1. The number of anilines is 1. The summed E-state index contributed by atoms with van der Waals surface area (Å²) in [7, 11) is -2.73. The van der Waals surface area contributed by atoms with E-state index < -0.39 is 9.73 Å². The molecule has 4 aromatic rings. The predicted octanol–water partition coefficient (Wildman–Crippen LogP) is 4.67. The van der Waals surface area contributed by atoms with Crippen molar-refractivity contribution < 1.29 is 9.00 Å². The molecule has 2 heterocycles. The number of hydrogen-bond acceptors (Lipinski definition) is 5. The highest BCUT2D eigenvalue weighted by Crippen LogP contribution is 2.25. The highest BCUT2D eigenvalue weighted by atomic mass is 32.2. The molecule has 29 heavy (non-hydrogen) atoms. The van der Waals surface area contributed by atoms with Crippen molar-refractivity contribution in [3.63, 3.8) is 0 Å². The number of nitrogens with zero attached hydrogens (tertiary/aromatic N) is 3. The number of carbonyl (C=O) groups excluding carboxylic acids is 1. The quantitative estimate of drug-likeness (QED) is 0.538. The number of hydrogen-bond donors (Lipinski definition) is 1. The van der Waals surface area contributed by atoms with E-state index in [9.17, 15) is 9.00 Å². The molecule has 0 bridgehead atoms. The van der Waals surface area contributed by atoms with Crippen LogP contribution >= 0.6 is 0 Å². The summed E-state index contributed by atoms with van der Waals surface area (Å²) in [5.74, 6) is -0.368. The molecule has 0 aliphatic carbocycles. The Kier molecular flexibility index (Phi) is 5.05. The van der Waals surface area contributed by atoms with Crippen LogP contribution in [0, 0.1) is 0 Å². The highest BCUT2D eigenvalue weighted by Gasteiger charge is 2.15. The Bertz CT molecular complexity index is 1310. The average molecular weight is 402 g/mol. The summed E-state index contributed by atoms with van der Waals surface area (Å²) in [6, 6.07) is 19.9. The monoisotopic (exact) mass is 402 g/mol. The summed E-state index contributed by atoms with van der Waals surface area (Å²) in [6.07, 6.45) is 6.18. The summed E-state index contributed by atoms with van der Waals surface area (Å²) < 4.78 is 17.5. The Balaban J connectivity index is 1.73. The van der Waals surface area contributed by atoms with Crippen molar-refractivity contribution in [2.75, 3.05) is 11.6 Å². The van der Waals surface area contributed by atoms with Gasteiger partial charge in [0.2, 0.25) is 0 Å². The van der Waals surface area contributed by atoms with E-state index in [2.05, 4.69) is 19.6 Å². The summed E-state index contributed by atoms with van der Waals surface area (Å²) >= 11 is 0. The first kappa shape index (κ1) is 18.8. The van der Waals surface area contributed by atoms with E-state index in [1.807, 2.05) is 30.3 Å². The molecule has 0 aliphatic heterocycles. The zero-order valence-electron chi connectivity index (χ0n) is 15.6. The second-order valence-corrected chi connectivity index (χ2v) is 8.69. The SMILES string of the molecule is CS(=O)(=Nc1cnccc1C(=O)Nc1cccc2cccnc12)c1ccccc1. The van der Waals surface area contributed by atoms with Crippen LogP contribution in [-0.4, -0.2) is 26.3 Å². The van der Waals surface area contributed by atoms with Gasteiger partial charge in [-0.1, -0.05) is 36.4 Å². The molecule has 0 saturated heterocycles. The van der Waals surface area contributed by atoms with Gasteiger partial charge in [0.25, 0.3) is 5.91 Å². The van der Waals surface area contributed by atoms with Gasteiger partial charge in [0.1, 0.15) is 5.69 Å².